The predicted octanol–water partition coefficient (Wildman–Crippen LogP) is 4.38. The summed E-state index contributed by atoms with van der Waals surface area (Å²) in [7, 11) is 1.89. The van der Waals surface area contributed by atoms with Crippen LogP contribution in [0.3, 0.4) is 0 Å². The van der Waals surface area contributed by atoms with Gasteiger partial charge in [0.05, 0.1) is 11.1 Å². The molecule has 2 aromatic rings. The van der Waals surface area contributed by atoms with Crippen molar-refractivity contribution in [2.45, 2.75) is 6.04 Å². The number of hydrogen-bond donors (Lipinski definition) is 1. The Labute approximate surface area is 131 Å². The lowest BCUT2D eigenvalue weighted by atomic mass is 10.1. The fraction of sp³-hybridized carbons (Fsp3) is 0.200. The molecule has 0 aliphatic carbocycles. The molecule has 1 atom stereocenters. The molecule has 1 unspecified atom stereocenters. The van der Waals surface area contributed by atoms with Gasteiger partial charge >= 0.3 is 0 Å². The Morgan fingerprint density at radius 2 is 2.05 bits per heavy atom. The predicted molar refractivity (Wildman–Crippen MR) is 85.8 cm³/mol. The van der Waals surface area contributed by atoms with Gasteiger partial charge in [-0.1, -0.05) is 23.7 Å². The monoisotopic (exact) mass is 356 g/mol. The van der Waals surface area contributed by atoms with Gasteiger partial charge in [0, 0.05) is 23.8 Å². The summed E-state index contributed by atoms with van der Waals surface area (Å²) in [6, 6.07) is 12.1. The highest BCUT2D eigenvalue weighted by molar-refractivity contribution is 9.10. The molecule has 106 valence electrons. The Hall–Kier alpha value is -1.10. The molecule has 2 aromatic carbocycles. The molecule has 2 nitrogen and oxygen atoms in total. The zero-order chi connectivity index (χ0) is 14.7. The number of halogens is 3. The Kier molecular flexibility index (Phi) is 5.02. The molecule has 5 heteroatoms. The van der Waals surface area contributed by atoms with E-state index >= 15 is 0 Å². The van der Waals surface area contributed by atoms with E-state index in [-0.39, 0.29) is 11.9 Å². The molecule has 2 N–H and O–H groups in total. The summed E-state index contributed by atoms with van der Waals surface area (Å²) in [4.78, 5) is 1.95. The lowest BCUT2D eigenvalue weighted by Crippen LogP contribution is -2.30. The van der Waals surface area contributed by atoms with Crippen LogP contribution < -0.4 is 10.6 Å². The number of hydrogen-bond acceptors (Lipinski definition) is 2. The van der Waals surface area contributed by atoms with Gasteiger partial charge in [0.1, 0.15) is 5.82 Å². The Morgan fingerprint density at radius 1 is 1.30 bits per heavy atom. The third-order valence-corrected chi connectivity index (χ3v) is 4.47. The van der Waals surface area contributed by atoms with Gasteiger partial charge in [0.15, 0.2) is 0 Å². The minimum absolute atomic E-state index is 0.0672. The molecule has 0 fully saturated rings. The largest absolute Gasteiger partial charge is 0.366 e. The smallest absolute Gasteiger partial charge is 0.125 e. The quantitative estimate of drug-likeness (QED) is 0.880. The van der Waals surface area contributed by atoms with Crippen LogP contribution in [-0.2, 0) is 0 Å². The fourth-order valence-electron chi connectivity index (χ4n) is 2.11. The van der Waals surface area contributed by atoms with Crippen LogP contribution in [0.1, 0.15) is 11.6 Å². The van der Waals surface area contributed by atoms with Crippen molar-refractivity contribution >= 4 is 33.2 Å². The molecule has 0 bridgehead atoms. The van der Waals surface area contributed by atoms with E-state index in [1.54, 1.807) is 6.07 Å². The van der Waals surface area contributed by atoms with Crippen LogP contribution in [-0.4, -0.2) is 13.6 Å². The molecular weight excluding hydrogens is 343 g/mol. The zero-order valence-corrected chi connectivity index (χ0v) is 13.3. The van der Waals surface area contributed by atoms with Crippen LogP contribution in [0.15, 0.2) is 46.9 Å². The van der Waals surface area contributed by atoms with E-state index in [9.17, 15) is 4.39 Å². The van der Waals surface area contributed by atoms with Crippen LogP contribution in [0.5, 0.6) is 0 Å². The van der Waals surface area contributed by atoms with E-state index in [1.165, 1.54) is 12.1 Å². The summed E-state index contributed by atoms with van der Waals surface area (Å²) in [6.45, 7) is 0.408. The maximum Gasteiger partial charge on any atom is 0.125 e. The molecule has 0 aliphatic rings. The van der Waals surface area contributed by atoms with E-state index in [2.05, 4.69) is 15.9 Å². The van der Waals surface area contributed by atoms with Crippen molar-refractivity contribution in [3.05, 3.63) is 63.3 Å². The van der Waals surface area contributed by atoms with E-state index in [4.69, 9.17) is 17.3 Å². The average Bonchev–Trinajstić information content (AvgIpc) is 2.43. The number of anilines is 1. The summed E-state index contributed by atoms with van der Waals surface area (Å²) in [5.41, 5.74) is 7.65. The fourth-order valence-corrected chi connectivity index (χ4v) is 2.55. The van der Waals surface area contributed by atoms with Crippen molar-refractivity contribution in [3.63, 3.8) is 0 Å². The second-order valence-electron chi connectivity index (χ2n) is 4.52. The van der Waals surface area contributed by atoms with E-state index < -0.39 is 0 Å². The lowest BCUT2D eigenvalue weighted by molar-refractivity contribution is 0.623. The second kappa shape index (κ2) is 6.57. The van der Waals surface area contributed by atoms with Crippen molar-refractivity contribution in [1.29, 1.82) is 0 Å². The van der Waals surface area contributed by atoms with Crippen molar-refractivity contribution in [2.24, 2.45) is 5.73 Å². The van der Waals surface area contributed by atoms with E-state index in [0.717, 1.165) is 15.7 Å². The number of benzene rings is 2. The highest BCUT2D eigenvalue weighted by Gasteiger charge is 2.17. The van der Waals surface area contributed by atoms with E-state index in [1.807, 2.05) is 36.2 Å². The maximum atomic E-state index is 13.3. The highest BCUT2D eigenvalue weighted by Crippen LogP contribution is 2.30. The maximum absolute atomic E-state index is 13.3. The van der Waals surface area contributed by atoms with Gasteiger partial charge in [-0.05, 0) is 51.8 Å². The molecule has 20 heavy (non-hydrogen) atoms. The summed E-state index contributed by atoms with van der Waals surface area (Å²) in [5.74, 6) is -0.265. The molecule has 0 heterocycles. The summed E-state index contributed by atoms with van der Waals surface area (Å²) in [5, 5.41) is 0.633. The summed E-state index contributed by atoms with van der Waals surface area (Å²) in [6.07, 6.45) is 0. The van der Waals surface area contributed by atoms with Gasteiger partial charge in [-0.15, -0.1) is 0 Å². The number of likely N-dealkylation sites (N-methyl/N-ethyl adjacent to an activating group) is 1. The number of nitrogens with zero attached hydrogens (tertiary/aromatic N) is 1. The summed E-state index contributed by atoms with van der Waals surface area (Å²) >= 11 is 9.49. The van der Waals surface area contributed by atoms with Crippen LogP contribution in [0.2, 0.25) is 5.02 Å². The van der Waals surface area contributed by atoms with Crippen LogP contribution in [0.25, 0.3) is 0 Å². The summed E-state index contributed by atoms with van der Waals surface area (Å²) < 4.78 is 14.2. The molecule has 0 aromatic heterocycles. The third-order valence-electron chi connectivity index (χ3n) is 3.23. The molecule has 2 rings (SSSR count). The average molecular weight is 358 g/mol. The minimum Gasteiger partial charge on any atom is -0.366 e. The van der Waals surface area contributed by atoms with Crippen molar-refractivity contribution < 1.29 is 4.39 Å². The van der Waals surface area contributed by atoms with Gasteiger partial charge in [0.2, 0.25) is 0 Å². The van der Waals surface area contributed by atoms with Gasteiger partial charge < -0.3 is 10.6 Å². The van der Waals surface area contributed by atoms with Gasteiger partial charge in [-0.3, -0.25) is 0 Å². The van der Waals surface area contributed by atoms with Gasteiger partial charge in [-0.25, -0.2) is 4.39 Å². The topological polar surface area (TPSA) is 29.3 Å². The Bertz CT molecular complexity index is 606. The standard InChI is InChI=1S/C15H15BrClFN2/c1-20(12-4-2-3-11(18)8-12)15(9-19)10-5-6-13(16)14(17)7-10/h2-8,15H,9,19H2,1H3. The Balaban J connectivity index is 2.33. The first-order valence-electron chi connectivity index (χ1n) is 6.16. The molecule has 0 aliphatic heterocycles. The number of rotatable bonds is 4. The molecule has 0 radical (unpaired) electrons. The first-order valence-corrected chi connectivity index (χ1v) is 7.33. The highest BCUT2D eigenvalue weighted by atomic mass is 79.9. The van der Waals surface area contributed by atoms with E-state index in [0.29, 0.717) is 11.6 Å². The molecule has 0 saturated heterocycles. The zero-order valence-electron chi connectivity index (χ0n) is 11.0. The van der Waals surface area contributed by atoms with Crippen LogP contribution >= 0.6 is 27.5 Å². The lowest BCUT2D eigenvalue weighted by Gasteiger charge is -2.29. The molecular formula is C15H15BrClFN2. The first-order chi connectivity index (χ1) is 9.52. The number of nitrogens with two attached hydrogens (primary N) is 1. The Morgan fingerprint density at radius 3 is 2.65 bits per heavy atom. The van der Waals surface area contributed by atoms with Crippen molar-refractivity contribution in [3.8, 4) is 0 Å². The van der Waals surface area contributed by atoms with Gasteiger partial charge in [-0.2, -0.15) is 0 Å². The first kappa shape index (κ1) is 15.3. The second-order valence-corrected chi connectivity index (χ2v) is 5.78. The van der Waals surface area contributed by atoms with Crippen LogP contribution in [0.4, 0.5) is 10.1 Å². The van der Waals surface area contributed by atoms with Gasteiger partial charge in [0.25, 0.3) is 0 Å². The normalized spacial score (nSPS) is 12.2. The molecule has 0 saturated carbocycles. The minimum atomic E-state index is -0.265. The van der Waals surface area contributed by atoms with Crippen molar-refractivity contribution in [1.82, 2.24) is 0 Å². The molecule has 0 amide bonds. The van der Waals surface area contributed by atoms with Crippen LogP contribution in [0, 0.1) is 5.82 Å². The SMILES string of the molecule is CN(c1cccc(F)c1)C(CN)c1ccc(Br)c(Cl)c1. The van der Waals surface area contributed by atoms with Crippen molar-refractivity contribution in [2.75, 3.05) is 18.5 Å². The third kappa shape index (κ3) is 3.32. The molecule has 0 spiro atoms.